The van der Waals surface area contributed by atoms with Gasteiger partial charge in [-0.25, -0.2) is 0 Å². The van der Waals surface area contributed by atoms with Crippen LogP contribution in [0.1, 0.15) is 22.8 Å². The molecule has 1 unspecified atom stereocenters. The van der Waals surface area contributed by atoms with E-state index in [0.717, 1.165) is 11.6 Å². The van der Waals surface area contributed by atoms with Crippen molar-refractivity contribution < 1.29 is 18.3 Å². The standard InChI is InChI=1S/C16H12F3NO/c17-16(18,19)13-7-3-1-6-11(13)15(21)12-9-20-14-8-4-2-5-10(12)14/h1-9,15,20-21H. The van der Waals surface area contributed by atoms with E-state index in [2.05, 4.69) is 4.98 Å². The number of aliphatic hydroxyl groups excluding tert-OH is 1. The molecule has 0 spiro atoms. The Morgan fingerprint density at radius 2 is 1.57 bits per heavy atom. The van der Waals surface area contributed by atoms with Crippen LogP contribution in [0.2, 0.25) is 0 Å². The Bertz CT molecular complexity index is 776. The Kier molecular flexibility index (Phi) is 3.22. The van der Waals surface area contributed by atoms with Gasteiger partial charge in [-0.1, -0.05) is 36.4 Å². The largest absolute Gasteiger partial charge is 0.416 e. The third kappa shape index (κ3) is 2.40. The number of benzene rings is 2. The number of hydrogen-bond acceptors (Lipinski definition) is 1. The minimum atomic E-state index is -4.50. The average Bonchev–Trinajstić information content (AvgIpc) is 2.89. The number of aromatic amines is 1. The van der Waals surface area contributed by atoms with Crippen molar-refractivity contribution in [3.05, 3.63) is 71.4 Å². The number of aliphatic hydroxyl groups is 1. The van der Waals surface area contributed by atoms with Crippen LogP contribution < -0.4 is 0 Å². The summed E-state index contributed by atoms with van der Waals surface area (Å²) in [6.45, 7) is 0. The zero-order valence-corrected chi connectivity index (χ0v) is 10.9. The average molecular weight is 291 g/mol. The third-order valence-corrected chi connectivity index (χ3v) is 3.48. The van der Waals surface area contributed by atoms with Crippen molar-refractivity contribution in [1.29, 1.82) is 0 Å². The molecule has 5 heteroatoms. The molecule has 2 N–H and O–H groups in total. The lowest BCUT2D eigenvalue weighted by Crippen LogP contribution is -2.12. The van der Waals surface area contributed by atoms with E-state index < -0.39 is 17.8 Å². The second kappa shape index (κ2) is 4.93. The van der Waals surface area contributed by atoms with Gasteiger partial charge in [0.2, 0.25) is 0 Å². The molecule has 0 aliphatic rings. The van der Waals surface area contributed by atoms with Gasteiger partial charge >= 0.3 is 6.18 Å². The van der Waals surface area contributed by atoms with E-state index in [-0.39, 0.29) is 5.56 Å². The van der Waals surface area contributed by atoms with Crippen LogP contribution in [0.4, 0.5) is 13.2 Å². The molecule has 0 bridgehead atoms. The maximum absolute atomic E-state index is 13.0. The molecular weight excluding hydrogens is 279 g/mol. The maximum Gasteiger partial charge on any atom is 0.416 e. The number of halogens is 3. The molecule has 2 aromatic carbocycles. The molecule has 0 saturated carbocycles. The first kappa shape index (κ1) is 13.7. The Labute approximate surface area is 118 Å². The zero-order valence-electron chi connectivity index (χ0n) is 10.9. The minimum absolute atomic E-state index is 0.144. The number of alkyl halides is 3. The summed E-state index contributed by atoms with van der Waals surface area (Å²) >= 11 is 0. The third-order valence-electron chi connectivity index (χ3n) is 3.48. The predicted molar refractivity (Wildman–Crippen MR) is 73.8 cm³/mol. The fourth-order valence-electron chi connectivity index (χ4n) is 2.48. The summed E-state index contributed by atoms with van der Waals surface area (Å²) < 4.78 is 39.1. The van der Waals surface area contributed by atoms with Crippen LogP contribution in [0.5, 0.6) is 0 Å². The summed E-state index contributed by atoms with van der Waals surface area (Å²) in [5.74, 6) is 0. The highest BCUT2D eigenvalue weighted by molar-refractivity contribution is 5.83. The molecule has 1 heterocycles. The highest BCUT2D eigenvalue weighted by Crippen LogP contribution is 2.37. The van der Waals surface area contributed by atoms with E-state index in [9.17, 15) is 18.3 Å². The van der Waals surface area contributed by atoms with E-state index in [4.69, 9.17) is 0 Å². The molecular formula is C16H12F3NO. The lowest BCUT2D eigenvalue weighted by atomic mass is 9.96. The smallest absolute Gasteiger partial charge is 0.384 e. The lowest BCUT2D eigenvalue weighted by Gasteiger charge is -2.17. The van der Waals surface area contributed by atoms with Gasteiger partial charge in [0, 0.05) is 22.7 Å². The second-order valence-corrected chi connectivity index (χ2v) is 4.78. The van der Waals surface area contributed by atoms with Crippen molar-refractivity contribution >= 4 is 10.9 Å². The molecule has 108 valence electrons. The number of aromatic nitrogens is 1. The first-order chi connectivity index (χ1) is 9.98. The van der Waals surface area contributed by atoms with Gasteiger partial charge in [0.1, 0.15) is 6.10 Å². The molecule has 0 fully saturated rings. The van der Waals surface area contributed by atoms with Crippen LogP contribution in [0.25, 0.3) is 10.9 Å². The number of fused-ring (bicyclic) bond motifs is 1. The molecule has 0 aliphatic heterocycles. The van der Waals surface area contributed by atoms with Crippen LogP contribution in [0, 0.1) is 0 Å². The van der Waals surface area contributed by atoms with Gasteiger partial charge in [0.15, 0.2) is 0 Å². The summed E-state index contributed by atoms with van der Waals surface area (Å²) in [6.07, 6.45) is -4.29. The SMILES string of the molecule is OC(c1ccccc1C(F)(F)F)c1c[nH]c2ccccc12. The fourth-order valence-corrected chi connectivity index (χ4v) is 2.48. The number of rotatable bonds is 2. The van der Waals surface area contributed by atoms with Crippen molar-refractivity contribution in [3.8, 4) is 0 Å². The molecule has 1 atom stereocenters. The molecule has 0 aliphatic carbocycles. The van der Waals surface area contributed by atoms with E-state index >= 15 is 0 Å². The predicted octanol–water partition coefficient (Wildman–Crippen LogP) is 4.27. The lowest BCUT2D eigenvalue weighted by molar-refractivity contribution is -0.139. The topological polar surface area (TPSA) is 36.0 Å². The van der Waals surface area contributed by atoms with Gasteiger partial charge < -0.3 is 10.1 Å². The molecule has 1 aromatic heterocycles. The molecule has 21 heavy (non-hydrogen) atoms. The normalized spacial score (nSPS) is 13.5. The quantitative estimate of drug-likeness (QED) is 0.727. The monoisotopic (exact) mass is 291 g/mol. The van der Waals surface area contributed by atoms with E-state index in [1.54, 1.807) is 24.4 Å². The Hall–Kier alpha value is -2.27. The van der Waals surface area contributed by atoms with Crippen LogP contribution in [0.15, 0.2) is 54.7 Å². The summed E-state index contributed by atoms with van der Waals surface area (Å²) in [5, 5.41) is 11.1. The van der Waals surface area contributed by atoms with Crippen molar-refractivity contribution in [3.63, 3.8) is 0 Å². The molecule has 0 saturated heterocycles. The second-order valence-electron chi connectivity index (χ2n) is 4.78. The van der Waals surface area contributed by atoms with Crippen molar-refractivity contribution in [2.24, 2.45) is 0 Å². The van der Waals surface area contributed by atoms with Crippen molar-refractivity contribution in [1.82, 2.24) is 4.98 Å². The molecule has 2 nitrogen and oxygen atoms in total. The summed E-state index contributed by atoms with van der Waals surface area (Å²) in [5.41, 5.74) is 0.246. The summed E-state index contributed by atoms with van der Waals surface area (Å²) in [4.78, 5) is 2.96. The Morgan fingerprint density at radius 3 is 2.33 bits per heavy atom. The van der Waals surface area contributed by atoms with Crippen molar-refractivity contribution in [2.75, 3.05) is 0 Å². The number of nitrogens with one attached hydrogen (secondary N) is 1. The van der Waals surface area contributed by atoms with Crippen LogP contribution in [-0.2, 0) is 6.18 Å². The molecule has 0 radical (unpaired) electrons. The Morgan fingerprint density at radius 1 is 0.905 bits per heavy atom. The van der Waals surface area contributed by atoms with Gasteiger partial charge in [0.25, 0.3) is 0 Å². The number of para-hydroxylation sites is 1. The summed E-state index contributed by atoms with van der Waals surface area (Å²) in [6, 6.07) is 12.3. The van der Waals surface area contributed by atoms with Gasteiger partial charge in [-0.05, 0) is 17.7 Å². The van der Waals surface area contributed by atoms with Crippen LogP contribution in [0.3, 0.4) is 0 Å². The van der Waals surface area contributed by atoms with Crippen LogP contribution in [-0.4, -0.2) is 10.1 Å². The first-order valence-electron chi connectivity index (χ1n) is 6.38. The maximum atomic E-state index is 13.0. The highest BCUT2D eigenvalue weighted by atomic mass is 19.4. The van der Waals surface area contributed by atoms with Gasteiger partial charge in [0.05, 0.1) is 5.56 Å². The zero-order chi connectivity index (χ0) is 15.0. The highest BCUT2D eigenvalue weighted by Gasteiger charge is 2.35. The van der Waals surface area contributed by atoms with Gasteiger partial charge in [-0.2, -0.15) is 13.2 Å². The van der Waals surface area contributed by atoms with E-state index in [1.165, 1.54) is 18.2 Å². The van der Waals surface area contributed by atoms with Gasteiger partial charge in [-0.3, -0.25) is 0 Å². The molecule has 3 rings (SSSR count). The van der Waals surface area contributed by atoms with Gasteiger partial charge in [-0.15, -0.1) is 0 Å². The van der Waals surface area contributed by atoms with Crippen LogP contribution >= 0.6 is 0 Å². The summed E-state index contributed by atoms with van der Waals surface area (Å²) in [7, 11) is 0. The minimum Gasteiger partial charge on any atom is -0.384 e. The van der Waals surface area contributed by atoms with E-state index in [0.29, 0.717) is 10.9 Å². The first-order valence-corrected chi connectivity index (χ1v) is 6.38. The molecule has 0 amide bonds. The fraction of sp³-hybridized carbons (Fsp3) is 0.125. The number of hydrogen-bond donors (Lipinski definition) is 2. The van der Waals surface area contributed by atoms with Crippen molar-refractivity contribution in [2.45, 2.75) is 12.3 Å². The van der Waals surface area contributed by atoms with E-state index in [1.807, 2.05) is 6.07 Å². The Balaban J connectivity index is 2.13. The number of H-pyrrole nitrogens is 1. The molecule has 3 aromatic rings.